The van der Waals surface area contributed by atoms with E-state index >= 15 is 0 Å². The number of nitrogens with zero attached hydrogens (tertiary/aromatic N) is 2. The number of amides is 1. The van der Waals surface area contributed by atoms with Gasteiger partial charge >= 0.3 is 0 Å². The van der Waals surface area contributed by atoms with E-state index in [4.69, 9.17) is 0 Å². The van der Waals surface area contributed by atoms with Crippen molar-refractivity contribution in [2.24, 2.45) is 5.92 Å². The van der Waals surface area contributed by atoms with Crippen molar-refractivity contribution in [1.82, 2.24) is 4.98 Å². The predicted molar refractivity (Wildman–Crippen MR) is 86.5 cm³/mol. The second kappa shape index (κ2) is 5.66. The Bertz CT molecular complexity index is 640. The monoisotopic (exact) mass is 350 g/mol. The van der Waals surface area contributed by atoms with Crippen molar-refractivity contribution >= 4 is 38.9 Å². The molecular formula is C15H15BrN2OS. The fourth-order valence-electron chi connectivity index (χ4n) is 2.46. The van der Waals surface area contributed by atoms with Crippen molar-refractivity contribution in [2.75, 3.05) is 16.8 Å². The molecule has 0 saturated carbocycles. The zero-order chi connectivity index (χ0) is 14.1. The van der Waals surface area contributed by atoms with Gasteiger partial charge in [-0.25, -0.2) is 4.98 Å². The maximum absolute atomic E-state index is 12.1. The largest absolute Gasteiger partial charge is 0.312 e. The molecule has 0 spiro atoms. The number of carbonyl (C=O) groups excluding carboxylic acids is 1. The summed E-state index contributed by atoms with van der Waals surface area (Å²) < 4.78 is 0. The molecule has 0 aliphatic carbocycles. The third kappa shape index (κ3) is 2.65. The molecule has 1 amide bonds. The summed E-state index contributed by atoms with van der Waals surface area (Å²) in [7, 11) is 0. The van der Waals surface area contributed by atoms with E-state index in [1.165, 1.54) is 0 Å². The lowest BCUT2D eigenvalue weighted by atomic mass is 10.1. The minimum atomic E-state index is 0.209. The minimum absolute atomic E-state index is 0.209. The molecule has 1 saturated heterocycles. The van der Waals surface area contributed by atoms with Crippen molar-refractivity contribution in [2.45, 2.75) is 13.3 Å². The molecule has 0 N–H and O–H groups in total. The van der Waals surface area contributed by atoms with Crippen LogP contribution in [-0.2, 0) is 4.79 Å². The molecule has 5 heteroatoms. The van der Waals surface area contributed by atoms with E-state index in [9.17, 15) is 4.79 Å². The van der Waals surface area contributed by atoms with E-state index in [1.54, 1.807) is 11.3 Å². The molecule has 1 aliphatic rings. The summed E-state index contributed by atoms with van der Waals surface area (Å²) in [4.78, 5) is 18.5. The standard InChI is InChI=1S/C15H15BrN2OS/c1-10-17-14(9-20-10)12-3-2-4-13(6-12)18-8-11(7-16)5-15(18)19/h2-4,6,9,11H,5,7-8H2,1H3. The summed E-state index contributed by atoms with van der Waals surface area (Å²) >= 11 is 5.11. The van der Waals surface area contributed by atoms with Gasteiger partial charge in [-0.1, -0.05) is 28.1 Å². The summed E-state index contributed by atoms with van der Waals surface area (Å²) in [6.07, 6.45) is 0.630. The number of anilines is 1. The van der Waals surface area contributed by atoms with Gasteiger partial charge < -0.3 is 4.90 Å². The van der Waals surface area contributed by atoms with Crippen molar-refractivity contribution < 1.29 is 4.79 Å². The second-order valence-corrected chi connectivity index (χ2v) is 6.74. The molecule has 3 nitrogen and oxygen atoms in total. The molecule has 1 aliphatic heterocycles. The average Bonchev–Trinajstić information content (AvgIpc) is 3.05. The fraction of sp³-hybridized carbons (Fsp3) is 0.333. The molecule has 1 aromatic carbocycles. The lowest BCUT2D eigenvalue weighted by Gasteiger charge is -2.17. The van der Waals surface area contributed by atoms with Crippen LogP contribution < -0.4 is 4.90 Å². The van der Waals surface area contributed by atoms with Crippen LogP contribution in [0.3, 0.4) is 0 Å². The summed E-state index contributed by atoms with van der Waals surface area (Å²) in [5.41, 5.74) is 3.03. The summed E-state index contributed by atoms with van der Waals surface area (Å²) in [6.45, 7) is 2.80. The first-order valence-electron chi connectivity index (χ1n) is 6.56. The summed E-state index contributed by atoms with van der Waals surface area (Å²) in [5, 5.41) is 3.99. The van der Waals surface area contributed by atoms with Gasteiger partial charge in [0.25, 0.3) is 0 Å². The van der Waals surface area contributed by atoms with Crippen molar-refractivity contribution in [3.63, 3.8) is 0 Å². The zero-order valence-electron chi connectivity index (χ0n) is 11.2. The number of thiazole rings is 1. The number of alkyl halides is 1. The number of carbonyl (C=O) groups is 1. The summed E-state index contributed by atoms with van der Waals surface area (Å²) in [6, 6.07) is 8.09. The van der Waals surface area contributed by atoms with Gasteiger partial charge in [-0.3, -0.25) is 4.79 Å². The Hall–Kier alpha value is -1.20. The molecule has 104 valence electrons. The maximum atomic E-state index is 12.1. The van der Waals surface area contributed by atoms with Crippen LogP contribution in [0.1, 0.15) is 11.4 Å². The van der Waals surface area contributed by atoms with Gasteiger partial charge in [0.15, 0.2) is 0 Å². The maximum Gasteiger partial charge on any atom is 0.227 e. The average molecular weight is 351 g/mol. The number of hydrogen-bond acceptors (Lipinski definition) is 3. The molecule has 1 atom stereocenters. The minimum Gasteiger partial charge on any atom is -0.312 e. The summed E-state index contributed by atoms with van der Waals surface area (Å²) in [5.74, 6) is 0.619. The van der Waals surface area contributed by atoms with Crippen LogP contribution in [0.4, 0.5) is 5.69 Å². The molecular weight excluding hydrogens is 336 g/mol. The number of aryl methyl sites for hydroxylation is 1. The highest BCUT2D eigenvalue weighted by molar-refractivity contribution is 9.09. The number of hydrogen-bond donors (Lipinski definition) is 0. The first-order chi connectivity index (χ1) is 9.67. The van der Waals surface area contributed by atoms with E-state index < -0.39 is 0 Å². The van der Waals surface area contributed by atoms with Gasteiger partial charge in [0, 0.05) is 34.9 Å². The Morgan fingerprint density at radius 2 is 2.35 bits per heavy atom. The second-order valence-electron chi connectivity index (χ2n) is 5.03. The molecule has 2 aromatic rings. The van der Waals surface area contributed by atoms with Crippen LogP contribution >= 0.6 is 27.3 Å². The van der Waals surface area contributed by atoms with Gasteiger partial charge in [-0.15, -0.1) is 11.3 Å². The lowest BCUT2D eigenvalue weighted by molar-refractivity contribution is -0.117. The first kappa shape index (κ1) is 13.8. The highest BCUT2D eigenvalue weighted by Gasteiger charge is 2.29. The number of benzene rings is 1. The number of rotatable bonds is 3. The fourth-order valence-corrected chi connectivity index (χ4v) is 3.52. The number of aromatic nitrogens is 1. The lowest BCUT2D eigenvalue weighted by Crippen LogP contribution is -2.24. The van der Waals surface area contributed by atoms with E-state index in [1.807, 2.05) is 30.0 Å². The normalized spacial score (nSPS) is 18.8. The molecule has 0 bridgehead atoms. The topological polar surface area (TPSA) is 33.2 Å². The third-order valence-corrected chi connectivity index (χ3v) is 5.19. The zero-order valence-corrected chi connectivity index (χ0v) is 13.6. The van der Waals surface area contributed by atoms with Crippen molar-refractivity contribution in [3.8, 4) is 11.3 Å². The molecule has 1 aromatic heterocycles. The SMILES string of the molecule is Cc1nc(-c2cccc(N3CC(CBr)CC3=O)c2)cs1. The Balaban J connectivity index is 1.90. The quantitative estimate of drug-likeness (QED) is 0.787. The Kier molecular flexibility index (Phi) is 3.89. The van der Waals surface area contributed by atoms with E-state index in [0.29, 0.717) is 12.3 Å². The third-order valence-electron chi connectivity index (χ3n) is 3.50. The molecule has 1 fully saturated rings. The predicted octanol–water partition coefficient (Wildman–Crippen LogP) is 3.87. The van der Waals surface area contributed by atoms with E-state index in [0.717, 1.165) is 33.8 Å². The Morgan fingerprint density at radius 1 is 1.50 bits per heavy atom. The van der Waals surface area contributed by atoms with Gasteiger partial charge in [0.2, 0.25) is 5.91 Å². The van der Waals surface area contributed by atoms with E-state index in [-0.39, 0.29) is 5.91 Å². The smallest absolute Gasteiger partial charge is 0.227 e. The van der Waals surface area contributed by atoms with Gasteiger partial charge in [0.05, 0.1) is 10.7 Å². The molecule has 3 rings (SSSR count). The van der Waals surface area contributed by atoms with Crippen LogP contribution in [0, 0.1) is 12.8 Å². The van der Waals surface area contributed by atoms with Gasteiger partial charge in [-0.2, -0.15) is 0 Å². The number of halogens is 1. The molecule has 0 radical (unpaired) electrons. The molecule has 20 heavy (non-hydrogen) atoms. The Morgan fingerprint density at radius 3 is 3.00 bits per heavy atom. The first-order valence-corrected chi connectivity index (χ1v) is 8.56. The van der Waals surface area contributed by atoms with E-state index in [2.05, 4.69) is 32.4 Å². The molecule has 1 unspecified atom stereocenters. The van der Waals surface area contributed by atoms with Crippen LogP contribution in [0.25, 0.3) is 11.3 Å². The highest BCUT2D eigenvalue weighted by atomic mass is 79.9. The highest BCUT2D eigenvalue weighted by Crippen LogP contribution is 2.30. The van der Waals surface area contributed by atoms with Crippen LogP contribution in [0.5, 0.6) is 0 Å². The van der Waals surface area contributed by atoms with Gasteiger partial charge in [0.1, 0.15) is 0 Å². The van der Waals surface area contributed by atoms with Crippen LogP contribution in [0.15, 0.2) is 29.6 Å². The van der Waals surface area contributed by atoms with Crippen LogP contribution in [-0.4, -0.2) is 22.8 Å². The van der Waals surface area contributed by atoms with Crippen LogP contribution in [0.2, 0.25) is 0 Å². The van der Waals surface area contributed by atoms with Crippen molar-refractivity contribution in [1.29, 1.82) is 0 Å². The molecule has 2 heterocycles. The van der Waals surface area contributed by atoms with Gasteiger partial charge in [-0.05, 0) is 25.0 Å². The van der Waals surface area contributed by atoms with Crippen molar-refractivity contribution in [3.05, 3.63) is 34.7 Å². The Labute approximate surface area is 130 Å².